The smallest absolute Gasteiger partial charge is 0.105 e. The Balaban J connectivity index is 3.06. The third-order valence-corrected chi connectivity index (χ3v) is 4.25. The van der Waals surface area contributed by atoms with Crippen LogP contribution < -0.4 is 22.9 Å². The lowest BCUT2D eigenvalue weighted by molar-refractivity contribution is 1.48. The quantitative estimate of drug-likeness (QED) is 0.574. The van der Waals surface area contributed by atoms with Crippen molar-refractivity contribution in [1.82, 2.24) is 0 Å². The Hall–Kier alpha value is -2.00. The molecule has 0 saturated carbocycles. The van der Waals surface area contributed by atoms with E-state index in [4.69, 9.17) is 71.8 Å². The summed E-state index contributed by atoms with van der Waals surface area (Å²) in [6.07, 6.45) is 0. The van der Waals surface area contributed by atoms with Gasteiger partial charge in [0.1, 0.15) is 20.0 Å². The van der Waals surface area contributed by atoms with E-state index in [9.17, 15) is 0 Å². The molecule has 0 aliphatic heterocycles. The number of thiocarbonyl (C=S) groups is 4. The molecule has 0 aliphatic rings. The average molecular weight is 391 g/mol. The Morgan fingerprint density at radius 3 is 1.54 bits per heavy atom. The molecule has 2 aromatic carbocycles. The lowest BCUT2D eigenvalue weighted by Crippen LogP contribution is -2.29. The van der Waals surface area contributed by atoms with Gasteiger partial charge in [0.25, 0.3) is 0 Å². The Bertz CT molecular complexity index is 875. The van der Waals surface area contributed by atoms with Gasteiger partial charge in [-0.05, 0) is 17.2 Å². The second kappa shape index (κ2) is 7.27. The fourth-order valence-corrected chi connectivity index (χ4v) is 3.27. The van der Waals surface area contributed by atoms with Crippen LogP contribution in [0.1, 0.15) is 22.3 Å². The number of nitrogens with two attached hydrogens (primary N) is 4. The summed E-state index contributed by atoms with van der Waals surface area (Å²) >= 11 is 20.7. The topological polar surface area (TPSA) is 104 Å². The van der Waals surface area contributed by atoms with Crippen molar-refractivity contribution in [3.63, 3.8) is 0 Å². The molecular formula is C16H14N4S4. The predicted molar refractivity (Wildman–Crippen MR) is 115 cm³/mol. The van der Waals surface area contributed by atoms with E-state index in [1.54, 1.807) is 6.07 Å². The Labute approximate surface area is 161 Å². The zero-order valence-corrected chi connectivity index (χ0v) is 15.7. The van der Waals surface area contributed by atoms with Crippen molar-refractivity contribution in [2.24, 2.45) is 22.9 Å². The van der Waals surface area contributed by atoms with Crippen LogP contribution in [0.5, 0.6) is 0 Å². The molecule has 0 heterocycles. The van der Waals surface area contributed by atoms with Gasteiger partial charge in [-0.25, -0.2) is 0 Å². The molecule has 2 aromatic rings. The van der Waals surface area contributed by atoms with Crippen LogP contribution in [0.25, 0.3) is 11.1 Å². The van der Waals surface area contributed by atoms with Gasteiger partial charge < -0.3 is 22.9 Å². The van der Waals surface area contributed by atoms with E-state index in [2.05, 4.69) is 0 Å². The van der Waals surface area contributed by atoms with Crippen LogP contribution in [0.4, 0.5) is 0 Å². The number of rotatable bonds is 5. The van der Waals surface area contributed by atoms with Crippen LogP contribution in [-0.4, -0.2) is 20.0 Å². The third kappa shape index (κ3) is 3.41. The van der Waals surface area contributed by atoms with Gasteiger partial charge in [-0.15, -0.1) is 0 Å². The maximum Gasteiger partial charge on any atom is 0.105 e. The average Bonchev–Trinajstić information content (AvgIpc) is 2.53. The molecule has 0 spiro atoms. The minimum Gasteiger partial charge on any atom is -0.389 e. The first kappa shape index (κ1) is 18.3. The summed E-state index contributed by atoms with van der Waals surface area (Å²) < 4.78 is 0. The van der Waals surface area contributed by atoms with Crippen molar-refractivity contribution in [3.8, 4) is 11.1 Å². The molecule has 0 unspecified atom stereocenters. The van der Waals surface area contributed by atoms with Crippen LogP contribution in [-0.2, 0) is 0 Å². The first-order valence-corrected chi connectivity index (χ1v) is 8.34. The summed E-state index contributed by atoms with van der Waals surface area (Å²) in [5, 5.41) is 0. The Kier molecular flexibility index (Phi) is 5.55. The van der Waals surface area contributed by atoms with Crippen molar-refractivity contribution >= 4 is 68.8 Å². The molecule has 0 aromatic heterocycles. The van der Waals surface area contributed by atoms with Gasteiger partial charge in [0.2, 0.25) is 0 Å². The number of hydrogen-bond acceptors (Lipinski definition) is 4. The van der Waals surface area contributed by atoms with E-state index in [-0.39, 0.29) is 20.0 Å². The van der Waals surface area contributed by atoms with Gasteiger partial charge in [-0.1, -0.05) is 79.2 Å². The van der Waals surface area contributed by atoms with E-state index in [1.165, 1.54) is 0 Å². The first-order chi connectivity index (χ1) is 11.3. The SMILES string of the molecule is NC(=S)c1cc(-c2ccccc2)c(C(N)=S)c(C(N)=S)c1C(N)=S. The van der Waals surface area contributed by atoms with Gasteiger partial charge in [-0.3, -0.25) is 0 Å². The monoisotopic (exact) mass is 390 g/mol. The van der Waals surface area contributed by atoms with E-state index in [0.717, 1.165) is 5.56 Å². The van der Waals surface area contributed by atoms with Crippen molar-refractivity contribution in [3.05, 3.63) is 58.7 Å². The molecule has 0 fully saturated rings. The van der Waals surface area contributed by atoms with E-state index in [1.807, 2.05) is 30.3 Å². The highest BCUT2D eigenvalue weighted by atomic mass is 32.1. The molecule has 122 valence electrons. The van der Waals surface area contributed by atoms with Crippen LogP contribution in [0, 0.1) is 0 Å². The fourth-order valence-electron chi connectivity index (χ4n) is 2.48. The zero-order chi connectivity index (χ0) is 18.0. The molecule has 0 bridgehead atoms. The summed E-state index contributed by atoms with van der Waals surface area (Å²) in [7, 11) is 0. The highest BCUT2D eigenvalue weighted by Gasteiger charge is 2.24. The number of benzene rings is 2. The van der Waals surface area contributed by atoms with Gasteiger partial charge in [0, 0.05) is 22.3 Å². The molecule has 8 heteroatoms. The predicted octanol–water partition coefficient (Wildman–Crippen LogP) is 1.89. The van der Waals surface area contributed by atoms with Gasteiger partial charge in [-0.2, -0.15) is 0 Å². The Morgan fingerprint density at radius 2 is 1.12 bits per heavy atom. The van der Waals surface area contributed by atoms with Crippen molar-refractivity contribution < 1.29 is 0 Å². The lowest BCUT2D eigenvalue weighted by Gasteiger charge is -2.20. The molecule has 0 radical (unpaired) electrons. The van der Waals surface area contributed by atoms with Gasteiger partial charge >= 0.3 is 0 Å². The molecule has 24 heavy (non-hydrogen) atoms. The molecule has 8 N–H and O–H groups in total. The van der Waals surface area contributed by atoms with Gasteiger partial charge in [0.05, 0.1) is 0 Å². The highest BCUT2D eigenvalue weighted by molar-refractivity contribution is 7.82. The van der Waals surface area contributed by atoms with Crippen LogP contribution in [0.3, 0.4) is 0 Å². The summed E-state index contributed by atoms with van der Waals surface area (Å²) in [5.74, 6) is 0. The van der Waals surface area contributed by atoms with Crippen LogP contribution in [0.2, 0.25) is 0 Å². The van der Waals surface area contributed by atoms with Gasteiger partial charge in [0.15, 0.2) is 0 Å². The summed E-state index contributed by atoms with van der Waals surface area (Å²) in [6.45, 7) is 0. The third-order valence-electron chi connectivity index (χ3n) is 3.42. The largest absolute Gasteiger partial charge is 0.389 e. The van der Waals surface area contributed by atoms with Crippen LogP contribution >= 0.6 is 48.9 Å². The van der Waals surface area contributed by atoms with E-state index >= 15 is 0 Å². The molecule has 0 amide bonds. The zero-order valence-electron chi connectivity index (χ0n) is 12.4. The normalized spacial score (nSPS) is 10.2. The maximum absolute atomic E-state index is 5.95. The molecule has 2 rings (SSSR count). The standard InChI is InChI=1S/C16H14N4S4/c17-13(21)9-6-8(7-4-2-1-3-5-7)10(14(18)22)12(16(20)24)11(9)15(19)23/h1-6H,(H2,17,21)(H2,18,22)(H2,19,23)(H2,20,24). The van der Waals surface area contributed by atoms with E-state index < -0.39 is 0 Å². The highest BCUT2D eigenvalue weighted by Crippen LogP contribution is 2.31. The molecule has 0 saturated heterocycles. The lowest BCUT2D eigenvalue weighted by atomic mass is 9.88. The molecule has 0 atom stereocenters. The second-order valence-electron chi connectivity index (χ2n) is 4.92. The summed E-state index contributed by atoms with van der Waals surface area (Å²) in [6, 6.07) is 11.3. The van der Waals surface area contributed by atoms with E-state index in [0.29, 0.717) is 27.8 Å². The maximum atomic E-state index is 5.95. The molecule has 0 aliphatic carbocycles. The molecule has 4 nitrogen and oxygen atoms in total. The summed E-state index contributed by atoms with van der Waals surface area (Å²) in [4.78, 5) is 0.388. The minimum atomic E-state index is 0.0656. The first-order valence-electron chi connectivity index (χ1n) is 6.71. The summed E-state index contributed by atoms with van der Waals surface area (Å²) in [5.41, 5.74) is 27.0. The minimum absolute atomic E-state index is 0.0656. The number of hydrogen-bond donors (Lipinski definition) is 4. The van der Waals surface area contributed by atoms with Crippen LogP contribution in [0.15, 0.2) is 36.4 Å². The fraction of sp³-hybridized carbons (Fsp3) is 0. The van der Waals surface area contributed by atoms with Crippen molar-refractivity contribution in [2.75, 3.05) is 0 Å². The van der Waals surface area contributed by atoms with Crippen molar-refractivity contribution in [2.45, 2.75) is 0 Å². The molecular weight excluding hydrogens is 376 g/mol. The Morgan fingerprint density at radius 1 is 0.625 bits per heavy atom. The van der Waals surface area contributed by atoms with Crippen molar-refractivity contribution in [1.29, 1.82) is 0 Å². The second-order valence-corrected chi connectivity index (χ2v) is 6.68.